The summed E-state index contributed by atoms with van der Waals surface area (Å²) in [6, 6.07) is 10.4. The lowest BCUT2D eigenvalue weighted by molar-refractivity contribution is 0.0280. The van der Waals surface area contributed by atoms with Crippen molar-refractivity contribution in [3.05, 3.63) is 66.0 Å². The molecule has 1 N–H and O–H groups in total. The van der Waals surface area contributed by atoms with Crippen LogP contribution in [0, 0.1) is 19.8 Å². The minimum Gasteiger partial charge on any atom is -0.492 e. The van der Waals surface area contributed by atoms with Gasteiger partial charge in [0.15, 0.2) is 5.82 Å². The van der Waals surface area contributed by atoms with Gasteiger partial charge >= 0.3 is 0 Å². The number of benzene rings is 2. The molecule has 9 nitrogen and oxygen atoms in total. The quantitative estimate of drug-likeness (QED) is 0.321. The molecule has 0 radical (unpaired) electrons. The molecule has 2 aromatic carbocycles. The fraction of sp³-hybridized carbons (Fsp3) is 0.333. The number of aromatic nitrogens is 5. The zero-order chi connectivity index (χ0) is 26.8. The molecule has 198 valence electrons. The molecule has 4 heterocycles. The van der Waals surface area contributed by atoms with Crippen LogP contribution in [0.4, 0.5) is 0 Å². The van der Waals surface area contributed by atoms with E-state index in [1.54, 1.807) is 0 Å². The maximum absolute atomic E-state index is 13.6. The van der Waals surface area contributed by atoms with Gasteiger partial charge in [0, 0.05) is 39.5 Å². The molecule has 0 unspecified atom stereocenters. The van der Waals surface area contributed by atoms with Crippen molar-refractivity contribution < 1.29 is 14.1 Å². The highest BCUT2D eigenvalue weighted by Gasteiger charge is 2.29. The SMILES string of the molecule is C=C1CN(C(=O)c2ccc3c4cc(-c5c(C)noc5C)cc(-c5ncn[nH]5)c4n(CC4CC4)c3c2)C[C@@H](C)O1. The van der Waals surface area contributed by atoms with Crippen LogP contribution in [0.15, 0.2) is 53.5 Å². The van der Waals surface area contributed by atoms with Crippen LogP contribution in [0.2, 0.25) is 0 Å². The first-order valence-corrected chi connectivity index (χ1v) is 13.4. The molecule has 3 aromatic heterocycles. The minimum absolute atomic E-state index is 0.0108. The average Bonchev–Trinajstić information content (AvgIpc) is 3.30. The smallest absolute Gasteiger partial charge is 0.254 e. The average molecular weight is 523 g/mol. The van der Waals surface area contributed by atoms with Crippen molar-refractivity contribution >= 4 is 27.7 Å². The third-order valence-electron chi connectivity index (χ3n) is 7.84. The lowest BCUT2D eigenvalue weighted by Crippen LogP contribution is -2.43. The van der Waals surface area contributed by atoms with Gasteiger partial charge in [-0.15, -0.1) is 0 Å². The molecule has 5 aromatic rings. The number of aromatic amines is 1. The summed E-state index contributed by atoms with van der Waals surface area (Å²) < 4.78 is 13.6. The Morgan fingerprint density at radius 1 is 1.18 bits per heavy atom. The molecule has 0 bridgehead atoms. The van der Waals surface area contributed by atoms with Crippen LogP contribution >= 0.6 is 0 Å². The van der Waals surface area contributed by atoms with Crippen molar-refractivity contribution in [2.75, 3.05) is 13.1 Å². The van der Waals surface area contributed by atoms with E-state index in [0.717, 1.165) is 56.5 Å². The van der Waals surface area contributed by atoms with E-state index in [4.69, 9.17) is 9.26 Å². The van der Waals surface area contributed by atoms with Crippen LogP contribution in [-0.4, -0.2) is 54.9 Å². The van der Waals surface area contributed by atoms with Crippen molar-refractivity contribution in [1.29, 1.82) is 0 Å². The predicted octanol–water partition coefficient (Wildman–Crippen LogP) is 5.64. The van der Waals surface area contributed by atoms with Gasteiger partial charge in [0.05, 0.1) is 24.3 Å². The lowest BCUT2D eigenvalue weighted by Gasteiger charge is -2.33. The number of aryl methyl sites for hydroxylation is 2. The summed E-state index contributed by atoms with van der Waals surface area (Å²) in [5.74, 6) is 2.70. The van der Waals surface area contributed by atoms with E-state index in [1.807, 2.05) is 37.8 Å². The number of carbonyl (C=O) groups is 1. The number of fused-ring (bicyclic) bond motifs is 3. The lowest BCUT2D eigenvalue weighted by atomic mass is 9.97. The molecule has 1 saturated heterocycles. The number of ether oxygens (including phenoxy) is 1. The molecule has 1 aliphatic carbocycles. The molecule has 7 rings (SSSR count). The zero-order valence-electron chi connectivity index (χ0n) is 22.3. The van der Waals surface area contributed by atoms with Gasteiger partial charge in [-0.25, -0.2) is 4.98 Å². The molecule has 0 spiro atoms. The summed E-state index contributed by atoms with van der Waals surface area (Å²) in [6.45, 7) is 11.6. The number of amides is 1. The molecule has 1 aliphatic heterocycles. The predicted molar refractivity (Wildman–Crippen MR) is 148 cm³/mol. The minimum atomic E-state index is -0.0764. The van der Waals surface area contributed by atoms with E-state index in [2.05, 4.69) is 49.7 Å². The number of H-pyrrole nitrogens is 1. The maximum atomic E-state index is 13.6. The topological polar surface area (TPSA) is 102 Å². The number of hydrogen-bond acceptors (Lipinski definition) is 6. The van der Waals surface area contributed by atoms with Crippen molar-refractivity contribution in [2.24, 2.45) is 5.92 Å². The first-order chi connectivity index (χ1) is 18.9. The van der Waals surface area contributed by atoms with E-state index in [0.29, 0.717) is 36.2 Å². The van der Waals surface area contributed by atoms with Crippen molar-refractivity contribution in [3.8, 4) is 22.5 Å². The van der Waals surface area contributed by atoms with Crippen LogP contribution in [0.1, 0.15) is 41.6 Å². The van der Waals surface area contributed by atoms with E-state index in [-0.39, 0.29) is 12.0 Å². The highest BCUT2D eigenvalue weighted by atomic mass is 16.5. The fourth-order valence-electron chi connectivity index (χ4n) is 5.95. The van der Waals surface area contributed by atoms with Crippen molar-refractivity contribution in [2.45, 2.75) is 46.3 Å². The Kier molecular flexibility index (Phi) is 5.36. The van der Waals surface area contributed by atoms with Crippen LogP contribution < -0.4 is 0 Å². The van der Waals surface area contributed by atoms with Gasteiger partial charge in [0.2, 0.25) is 0 Å². The van der Waals surface area contributed by atoms with Crippen LogP contribution in [0.25, 0.3) is 44.3 Å². The van der Waals surface area contributed by atoms with Crippen LogP contribution in [-0.2, 0) is 11.3 Å². The Morgan fingerprint density at radius 3 is 2.72 bits per heavy atom. The zero-order valence-corrected chi connectivity index (χ0v) is 22.3. The Morgan fingerprint density at radius 2 is 2.03 bits per heavy atom. The summed E-state index contributed by atoms with van der Waals surface area (Å²) in [7, 11) is 0. The van der Waals surface area contributed by atoms with E-state index < -0.39 is 0 Å². The second-order valence-electron chi connectivity index (χ2n) is 10.9. The second-order valence-corrected chi connectivity index (χ2v) is 10.9. The van der Waals surface area contributed by atoms with Gasteiger partial charge in [-0.1, -0.05) is 17.8 Å². The molecule has 9 heteroatoms. The normalized spacial score (nSPS) is 17.8. The highest BCUT2D eigenvalue weighted by molar-refractivity contribution is 6.15. The first kappa shape index (κ1) is 23.7. The number of nitrogens with one attached hydrogen (secondary N) is 1. The largest absolute Gasteiger partial charge is 0.492 e. The standard InChI is InChI=1S/C30H30N6O3/c1-16-12-35(13-17(2)38-16)30(37)21-7-8-23-24-9-22(27-18(3)34-39-19(27)4)10-25(29-31-15-32-33-29)28(24)36(26(23)11-21)14-20-5-6-20/h7-11,15,17,20H,1,5-6,12-14H2,2-4H3,(H,31,32,33)/t17-/m1/s1. The van der Waals surface area contributed by atoms with Gasteiger partial charge in [-0.05, 0) is 69.4 Å². The number of carbonyl (C=O) groups excluding carboxylic acids is 1. The molecule has 39 heavy (non-hydrogen) atoms. The monoisotopic (exact) mass is 522 g/mol. The Balaban J connectivity index is 1.47. The highest BCUT2D eigenvalue weighted by Crippen LogP contribution is 2.42. The molecule has 1 saturated carbocycles. The Hall–Kier alpha value is -4.40. The fourth-order valence-corrected chi connectivity index (χ4v) is 5.95. The number of hydrogen-bond donors (Lipinski definition) is 1. The maximum Gasteiger partial charge on any atom is 0.254 e. The molecular formula is C30H30N6O3. The Bertz CT molecular complexity index is 1740. The van der Waals surface area contributed by atoms with Crippen LogP contribution in [0.5, 0.6) is 0 Å². The second kappa shape index (κ2) is 8.83. The van der Waals surface area contributed by atoms with Gasteiger partial charge < -0.3 is 18.7 Å². The number of morpholine rings is 1. The third-order valence-corrected chi connectivity index (χ3v) is 7.84. The van der Waals surface area contributed by atoms with Gasteiger partial charge in [0.25, 0.3) is 5.91 Å². The number of rotatable bonds is 5. The van der Waals surface area contributed by atoms with Crippen LogP contribution in [0.3, 0.4) is 0 Å². The summed E-state index contributed by atoms with van der Waals surface area (Å²) in [5.41, 5.74) is 6.58. The molecule has 1 atom stereocenters. The van der Waals surface area contributed by atoms with Gasteiger partial charge in [0.1, 0.15) is 24.0 Å². The van der Waals surface area contributed by atoms with Gasteiger partial charge in [-0.3, -0.25) is 9.89 Å². The molecule has 1 amide bonds. The summed E-state index contributed by atoms with van der Waals surface area (Å²) in [4.78, 5) is 20.0. The first-order valence-electron chi connectivity index (χ1n) is 13.4. The number of nitrogens with zero attached hydrogens (tertiary/aromatic N) is 5. The van der Waals surface area contributed by atoms with Gasteiger partial charge in [-0.2, -0.15) is 5.10 Å². The van der Waals surface area contributed by atoms with E-state index in [9.17, 15) is 4.79 Å². The summed E-state index contributed by atoms with van der Waals surface area (Å²) in [6.07, 6.45) is 3.88. The molecule has 2 fully saturated rings. The summed E-state index contributed by atoms with van der Waals surface area (Å²) in [5, 5.41) is 13.6. The Labute approximate surface area is 225 Å². The van der Waals surface area contributed by atoms with Crippen molar-refractivity contribution in [1.82, 2.24) is 29.8 Å². The van der Waals surface area contributed by atoms with E-state index >= 15 is 0 Å². The van der Waals surface area contributed by atoms with E-state index in [1.165, 1.54) is 19.2 Å². The summed E-state index contributed by atoms with van der Waals surface area (Å²) >= 11 is 0. The van der Waals surface area contributed by atoms with Crippen molar-refractivity contribution in [3.63, 3.8) is 0 Å². The third kappa shape index (κ3) is 4.00. The molecular weight excluding hydrogens is 492 g/mol. The molecule has 2 aliphatic rings.